The van der Waals surface area contributed by atoms with E-state index in [1.54, 1.807) is 12.1 Å². The van der Waals surface area contributed by atoms with Crippen LogP contribution >= 0.6 is 34.8 Å². The zero-order valence-electron chi connectivity index (χ0n) is 10.2. The molecule has 0 saturated heterocycles. The topological polar surface area (TPSA) is 68.0 Å². The first-order valence-corrected chi connectivity index (χ1v) is 6.74. The summed E-state index contributed by atoms with van der Waals surface area (Å²) in [5, 5.41) is 3.62. The molecule has 3 N–H and O–H groups in total. The molecular formula is C13H10Cl3N3O. The third kappa shape index (κ3) is 3.76. The van der Waals surface area contributed by atoms with Gasteiger partial charge in [0.2, 0.25) is 5.91 Å². The van der Waals surface area contributed by atoms with E-state index >= 15 is 0 Å². The van der Waals surface area contributed by atoms with Crippen LogP contribution in [0.2, 0.25) is 15.1 Å². The van der Waals surface area contributed by atoms with Crippen molar-refractivity contribution in [2.45, 2.75) is 6.42 Å². The van der Waals surface area contributed by atoms with Crippen LogP contribution in [0.4, 0.5) is 11.4 Å². The highest BCUT2D eigenvalue weighted by Crippen LogP contribution is 2.32. The molecule has 104 valence electrons. The summed E-state index contributed by atoms with van der Waals surface area (Å²) in [6, 6.07) is 6.34. The number of hydrogen-bond acceptors (Lipinski definition) is 3. The number of amides is 1. The van der Waals surface area contributed by atoms with Crippen molar-refractivity contribution in [2.75, 3.05) is 11.1 Å². The van der Waals surface area contributed by atoms with Crippen molar-refractivity contribution in [3.8, 4) is 0 Å². The van der Waals surface area contributed by atoms with Crippen LogP contribution in [0.1, 0.15) is 5.69 Å². The van der Waals surface area contributed by atoms with Gasteiger partial charge in [0.15, 0.2) is 0 Å². The molecule has 2 aromatic rings. The van der Waals surface area contributed by atoms with Gasteiger partial charge < -0.3 is 11.1 Å². The number of halogens is 3. The minimum absolute atomic E-state index is 0.108. The van der Waals surface area contributed by atoms with Crippen LogP contribution in [-0.2, 0) is 11.2 Å². The lowest BCUT2D eigenvalue weighted by molar-refractivity contribution is -0.115. The summed E-state index contributed by atoms with van der Waals surface area (Å²) in [5.41, 5.74) is 7.08. The summed E-state index contributed by atoms with van der Waals surface area (Å²) in [7, 11) is 0. The highest BCUT2D eigenvalue weighted by molar-refractivity contribution is 6.44. The second kappa shape index (κ2) is 6.31. The first-order chi connectivity index (χ1) is 9.45. The fourth-order valence-corrected chi connectivity index (χ4v) is 2.11. The second-order valence-electron chi connectivity index (χ2n) is 4.05. The van der Waals surface area contributed by atoms with Gasteiger partial charge in [0.05, 0.1) is 39.1 Å². The molecule has 20 heavy (non-hydrogen) atoms. The van der Waals surface area contributed by atoms with Gasteiger partial charge in [0.25, 0.3) is 0 Å². The predicted molar refractivity (Wildman–Crippen MR) is 82.5 cm³/mol. The first-order valence-electron chi connectivity index (χ1n) is 5.60. The average molecular weight is 331 g/mol. The number of pyridine rings is 1. The van der Waals surface area contributed by atoms with Crippen molar-refractivity contribution < 1.29 is 4.79 Å². The van der Waals surface area contributed by atoms with E-state index in [-0.39, 0.29) is 12.3 Å². The van der Waals surface area contributed by atoms with Crippen molar-refractivity contribution in [3.63, 3.8) is 0 Å². The van der Waals surface area contributed by atoms with E-state index in [9.17, 15) is 4.79 Å². The Balaban J connectivity index is 2.08. The Hall–Kier alpha value is -1.49. The van der Waals surface area contributed by atoms with E-state index in [0.29, 0.717) is 32.1 Å². The number of nitrogens with zero attached hydrogens (tertiary/aromatic N) is 1. The molecule has 1 amide bonds. The molecule has 0 spiro atoms. The van der Waals surface area contributed by atoms with E-state index in [4.69, 9.17) is 40.5 Å². The number of carbonyl (C=O) groups is 1. The van der Waals surface area contributed by atoms with Crippen molar-refractivity contribution >= 4 is 52.1 Å². The SMILES string of the molecule is Nc1ccc(CC(=O)Nc2cc(Cl)c(Cl)cc2Cl)nc1. The molecule has 0 unspecified atom stereocenters. The van der Waals surface area contributed by atoms with Crippen molar-refractivity contribution in [2.24, 2.45) is 0 Å². The molecule has 0 bridgehead atoms. The number of nitrogens with one attached hydrogen (secondary N) is 1. The van der Waals surface area contributed by atoms with Crippen LogP contribution in [0.5, 0.6) is 0 Å². The lowest BCUT2D eigenvalue weighted by Gasteiger charge is -2.08. The van der Waals surface area contributed by atoms with Gasteiger partial charge in [-0.15, -0.1) is 0 Å². The average Bonchev–Trinajstić information content (AvgIpc) is 2.39. The largest absolute Gasteiger partial charge is 0.397 e. The van der Waals surface area contributed by atoms with Gasteiger partial charge in [-0.2, -0.15) is 0 Å². The molecule has 7 heteroatoms. The predicted octanol–water partition coefficient (Wildman–Crippen LogP) is 3.81. The molecular weight excluding hydrogens is 321 g/mol. The molecule has 1 aromatic heterocycles. The summed E-state index contributed by atoms with van der Waals surface area (Å²) in [4.78, 5) is 15.9. The Morgan fingerprint density at radius 2 is 1.85 bits per heavy atom. The maximum absolute atomic E-state index is 11.9. The molecule has 0 fully saturated rings. The maximum Gasteiger partial charge on any atom is 0.230 e. The third-order valence-corrected chi connectivity index (χ3v) is 3.51. The van der Waals surface area contributed by atoms with E-state index in [2.05, 4.69) is 10.3 Å². The van der Waals surface area contributed by atoms with E-state index in [1.807, 2.05) is 0 Å². The van der Waals surface area contributed by atoms with Crippen LogP contribution in [-0.4, -0.2) is 10.9 Å². The molecule has 0 aliphatic heterocycles. The second-order valence-corrected chi connectivity index (χ2v) is 5.28. The Kier molecular flexibility index (Phi) is 4.70. The number of rotatable bonds is 3. The molecule has 0 atom stereocenters. The molecule has 0 saturated carbocycles. The van der Waals surface area contributed by atoms with E-state index in [1.165, 1.54) is 18.3 Å². The number of nitrogen functional groups attached to an aromatic ring is 1. The van der Waals surface area contributed by atoms with Gasteiger partial charge in [-0.05, 0) is 24.3 Å². The van der Waals surface area contributed by atoms with E-state index < -0.39 is 0 Å². The van der Waals surface area contributed by atoms with Crippen molar-refractivity contribution in [1.29, 1.82) is 0 Å². The standard InChI is InChI=1S/C13H10Cl3N3O/c14-9-4-11(16)12(5-10(9)15)19-13(20)3-8-2-1-7(17)6-18-8/h1-2,4-6H,3,17H2,(H,19,20). The number of aromatic nitrogens is 1. The molecule has 0 aliphatic rings. The van der Waals surface area contributed by atoms with Crippen LogP contribution in [0.25, 0.3) is 0 Å². The lowest BCUT2D eigenvalue weighted by atomic mass is 10.2. The fourth-order valence-electron chi connectivity index (χ4n) is 1.52. The summed E-state index contributed by atoms with van der Waals surface area (Å²) < 4.78 is 0. The van der Waals surface area contributed by atoms with Gasteiger partial charge in [-0.25, -0.2) is 0 Å². The summed E-state index contributed by atoms with van der Waals surface area (Å²) in [5.74, 6) is -0.262. The third-order valence-electron chi connectivity index (χ3n) is 2.47. The van der Waals surface area contributed by atoms with Crippen molar-refractivity contribution in [3.05, 3.63) is 51.2 Å². The highest BCUT2D eigenvalue weighted by atomic mass is 35.5. The van der Waals surface area contributed by atoms with Gasteiger partial charge >= 0.3 is 0 Å². The molecule has 1 aromatic carbocycles. The van der Waals surface area contributed by atoms with Crippen LogP contribution in [0.15, 0.2) is 30.5 Å². The smallest absolute Gasteiger partial charge is 0.230 e. The highest BCUT2D eigenvalue weighted by Gasteiger charge is 2.10. The summed E-state index contributed by atoms with van der Waals surface area (Å²) >= 11 is 17.7. The Morgan fingerprint density at radius 1 is 1.15 bits per heavy atom. The quantitative estimate of drug-likeness (QED) is 0.841. The normalized spacial score (nSPS) is 10.3. The summed E-state index contributed by atoms with van der Waals surface area (Å²) in [6.07, 6.45) is 1.60. The van der Waals surface area contributed by atoms with Crippen LogP contribution in [0, 0.1) is 0 Å². The molecule has 1 heterocycles. The zero-order chi connectivity index (χ0) is 14.7. The van der Waals surface area contributed by atoms with Gasteiger partial charge in [-0.3, -0.25) is 9.78 Å². The molecule has 0 aliphatic carbocycles. The zero-order valence-corrected chi connectivity index (χ0v) is 12.4. The van der Waals surface area contributed by atoms with Gasteiger partial charge in [0, 0.05) is 5.69 Å². The van der Waals surface area contributed by atoms with E-state index in [0.717, 1.165) is 0 Å². The van der Waals surface area contributed by atoms with Crippen LogP contribution in [0.3, 0.4) is 0 Å². The first kappa shape index (κ1) is 14.9. The Morgan fingerprint density at radius 3 is 2.50 bits per heavy atom. The minimum atomic E-state index is -0.262. The number of carbonyl (C=O) groups excluding carboxylic acids is 1. The van der Waals surface area contributed by atoms with Gasteiger partial charge in [-0.1, -0.05) is 34.8 Å². The fraction of sp³-hybridized carbons (Fsp3) is 0.0769. The number of hydrogen-bond donors (Lipinski definition) is 2. The molecule has 0 radical (unpaired) electrons. The summed E-state index contributed by atoms with van der Waals surface area (Å²) in [6.45, 7) is 0. The Labute approximate surface area is 130 Å². The number of anilines is 2. The van der Waals surface area contributed by atoms with Crippen molar-refractivity contribution in [1.82, 2.24) is 4.98 Å². The minimum Gasteiger partial charge on any atom is -0.397 e. The number of nitrogens with two attached hydrogens (primary N) is 1. The maximum atomic E-state index is 11.9. The monoisotopic (exact) mass is 329 g/mol. The number of benzene rings is 1. The lowest BCUT2D eigenvalue weighted by Crippen LogP contribution is -2.15. The molecule has 4 nitrogen and oxygen atoms in total. The Bertz CT molecular complexity index is 644. The van der Waals surface area contributed by atoms with Gasteiger partial charge in [0.1, 0.15) is 0 Å². The van der Waals surface area contributed by atoms with Crippen LogP contribution < -0.4 is 11.1 Å². The molecule has 2 rings (SSSR count).